The van der Waals surface area contributed by atoms with Gasteiger partial charge in [-0.15, -0.1) is 11.3 Å². The minimum Gasteiger partial charge on any atom is -0.324 e. The van der Waals surface area contributed by atoms with E-state index in [1.165, 1.54) is 5.57 Å². The average molecular weight is 208 g/mol. The third kappa shape index (κ3) is 2.04. The van der Waals surface area contributed by atoms with Crippen molar-refractivity contribution in [3.8, 4) is 0 Å². The van der Waals surface area contributed by atoms with E-state index in [9.17, 15) is 0 Å². The van der Waals surface area contributed by atoms with Crippen molar-refractivity contribution in [3.05, 3.63) is 22.2 Å². The normalized spacial score (nSPS) is 27.5. The molecule has 0 bridgehead atoms. The third-order valence-electron chi connectivity index (χ3n) is 2.61. The van der Waals surface area contributed by atoms with Gasteiger partial charge in [0.2, 0.25) is 0 Å². The summed E-state index contributed by atoms with van der Waals surface area (Å²) in [4.78, 5) is 4.50. The Kier molecular flexibility index (Phi) is 2.70. The van der Waals surface area contributed by atoms with Crippen LogP contribution in [0.5, 0.6) is 0 Å². The molecule has 2 atom stereocenters. The van der Waals surface area contributed by atoms with Crippen LogP contribution in [0.15, 0.2) is 11.5 Å². The second-order valence-electron chi connectivity index (χ2n) is 4.15. The Morgan fingerprint density at radius 3 is 2.93 bits per heavy atom. The first-order valence-corrected chi connectivity index (χ1v) is 5.92. The molecule has 1 aromatic heterocycles. The second-order valence-corrected chi connectivity index (χ2v) is 5.21. The van der Waals surface area contributed by atoms with Gasteiger partial charge in [-0.05, 0) is 31.3 Å². The number of allylic oxidation sites excluding steroid dienone is 1. The summed E-state index contributed by atoms with van der Waals surface area (Å²) in [5.41, 5.74) is 8.43. The fourth-order valence-electron chi connectivity index (χ4n) is 2.02. The van der Waals surface area contributed by atoms with E-state index in [4.69, 9.17) is 5.73 Å². The van der Waals surface area contributed by atoms with Gasteiger partial charge in [-0.3, -0.25) is 0 Å². The molecule has 14 heavy (non-hydrogen) atoms. The number of aryl methyl sites for hydroxylation is 1. The van der Waals surface area contributed by atoms with Gasteiger partial charge in [0.1, 0.15) is 0 Å². The zero-order valence-corrected chi connectivity index (χ0v) is 9.47. The molecule has 1 heterocycles. The molecular formula is C11H16N2S. The largest absolute Gasteiger partial charge is 0.324 e. The van der Waals surface area contributed by atoms with Gasteiger partial charge in [0.25, 0.3) is 0 Å². The number of rotatable bonds is 1. The minimum atomic E-state index is 0.218. The summed E-state index contributed by atoms with van der Waals surface area (Å²) < 4.78 is 0. The SMILES string of the molecule is Cc1nc(C2=CC(N)CC(C)C2)cs1. The quantitative estimate of drug-likeness (QED) is 0.770. The molecule has 2 rings (SSSR count). The van der Waals surface area contributed by atoms with Gasteiger partial charge in [-0.2, -0.15) is 0 Å². The predicted molar refractivity (Wildman–Crippen MR) is 61.2 cm³/mol. The van der Waals surface area contributed by atoms with Crippen LogP contribution >= 0.6 is 11.3 Å². The molecule has 0 aliphatic heterocycles. The van der Waals surface area contributed by atoms with Gasteiger partial charge in [0.05, 0.1) is 10.7 Å². The van der Waals surface area contributed by atoms with E-state index in [1.807, 2.05) is 6.92 Å². The Labute approximate surface area is 88.9 Å². The lowest BCUT2D eigenvalue weighted by Crippen LogP contribution is -2.24. The Morgan fingerprint density at radius 2 is 2.36 bits per heavy atom. The van der Waals surface area contributed by atoms with Crippen LogP contribution in [0.2, 0.25) is 0 Å². The Balaban J connectivity index is 2.25. The monoisotopic (exact) mass is 208 g/mol. The summed E-state index contributed by atoms with van der Waals surface area (Å²) in [5.74, 6) is 0.687. The molecule has 0 saturated heterocycles. The zero-order chi connectivity index (χ0) is 10.1. The summed E-state index contributed by atoms with van der Waals surface area (Å²) >= 11 is 1.71. The molecular weight excluding hydrogens is 192 g/mol. The maximum Gasteiger partial charge on any atom is 0.0901 e. The van der Waals surface area contributed by atoms with E-state index in [0.29, 0.717) is 5.92 Å². The molecule has 2 unspecified atom stereocenters. The zero-order valence-electron chi connectivity index (χ0n) is 8.66. The predicted octanol–water partition coefficient (Wildman–Crippen LogP) is 2.59. The van der Waals surface area contributed by atoms with Crippen LogP contribution in [0.25, 0.3) is 5.57 Å². The van der Waals surface area contributed by atoms with Gasteiger partial charge in [-0.1, -0.05) is 13.0 Å². The van der Waals surface area contributed by atoms with E-state index in [-0.39, 0.29) is 6.04 Å². The molecule has 3 heteroatoms. The maximum atomic E-state index is 5.96. The summed E-state index contributed by atoms with van der Waals surface area (Å²) in [7, 11) is 0. The first kappa shape index (κ1) is 9.87. The molecule has 0 spiro atoms. The third-order valence-corrected chi connectivity index (χ3v) is 3.38. The molecule has 1 aliphatic carbocycles. The van der Waals surface area contributed by atoms with E-state index < -0.39 is 0 Å². The van der Waals surface area contributed by atoms with Crippen LogP contribution in [0.1, 0.15) is 30.5 Å². The number of hydrogen-bond acceptors (Lipinski definition) is 3. The van der Waals surface area contributed by atoms with Gasteiger partial charge in [-0.25, -0.2) is 4.98 Å². The van der Waals surface area contributed by atoms with Crippen molar-refractivity contribution in [3.63, 3.8) is 0 Å². The van der Waals surface area contributed by atoms with Crippen molar-refractivity contribution in [2.45, 2.75) is 32.7 Å². The summed E-state index contributed by atoms with van der Waals surface area (Å²) in [6.45, 7) is 4.30. The lowest BCUT2D eigenvalue weighted by Gasteiger charge is -2.22. The minimum absolute atomic E-state index is 0.218. The van der Waals surface area contributed by atoms with E-state index in [1.54, 1.807) is 11.3 Å². The number of thiazole rings is 1. The molecule has 2 nitrogen and oxygen atoms in total. The van der Waals surface area contributed by atoms with Crippen molar-refractivity contribution < 1.29 is 0 Å². The highest BCUT2D eigenvalue weighted by Gasteiger charge is 2.18. The molecule has 76 valence electrons. The fourth-order valence-corrected chi connectivity index (χ4v) is 2.66. The van der Waals surface area contributed by atoms with Crippen molar-refractivity contribution >= 4 is 16.9 Å². The number of nitrogens with zero attached hydrogens (tertiary/aromatic N) is 1. The lowest BCUT2D eigenvalue weighted by molar-refractivity contribution is 0.495. The first-order valence-electron chi connectivity index (χ1n) is 5.04. The molecule has 0 saturated carbocycles. The highest BCUT2D eigenvalue weighted by atomic mass is 32.1. The van der Waals surface area contributed by atoms with Crippen LogP contribution < -0.4 is 5.73 Å². The molecule has 0 amide bonds. The summed E-state index contributed by atoms with van der Waals surface area (Å²) in [6.07, 6.45) is 4.40. The fraction of sp³-hybridized carbons (Fsp3) is 0.545. The molecule has 0 aromatic carbocycles. The van der Waals surface area contributed by atoms with Gasteiger partial charge >= 0.3 is 0 Å². The average Bonchev–Trinajstić information content (AvgIpc) is 2.50. The Bertz CT molecular complexity index is 354. The smallest absolute Gasteiger partial charge is 0.0901 e. The van der Waals surface area contributed by atoms with Crippen molar-refractivity contribution in [2.24, 2.45) is 11.7 Å². The van der Waals surface area contributed by atoms with E-state index in [2.05, 4.69) is 23.4 Å². The van der Waals surface area contributed by atoms with Crippen molar-refractivity contribution in [1.82, 2.24) is 4.98 Å². The Morgan fingerprint density at radius 1 is 1.57 bits per heavy atom. The van der Waals surface area contributed by atoms with Crippen molar-refractivity contribution in [2.75, 3.05) is 0 Å². The summed E-state index contributed by atoms with van der Waals surface area (Å²) in [5, 5.41) is 3.26. The summed E-state index contributed by atoms with van der Waals surface area (Å²) in [6, 6.07) is 0.218. The number of hydrogen-bond donors (Lipinski definition) is 1. The van der Waals surface area contributed by atoms with Gasteiger partial charge in [0, 0.05) is 11.4 Å². The molecule has 0 fully saturated rings. The highest BCUT2D eigenvalue weighted by molar-refractivity contribution is 7.09. The molecule has 0 radical (unpaired) electrons. The van der Waals surface area contributed by atoms with Crippen LogP contribution in [0.4, 0.5) is 0 Å². The molecule has 2 N–H and O–H groups in total. The van der Waals surface area contributed by atoms with Crippen LogP contribution in [0.3, 0.4) is 0 Å². The van der Waals surface area contributed by atoms with Gasteiger partial charge in [0.15, 0.2) is 0 Å². The maximum absolute atomic E-state index is 5.96. The van der Waals surface area contributed by atoms with E-state index in [0.717, 1.165) is 23.5 Å². The topological polar surface area (TPSA) is 38.9 Å². The highest BCUT2D eigenvalue weighted by Crippen LogP contribution is 2.30. The second kappa shape index (κ2) is 3.83. The molecule has 1 aliphatic rings. The lowest BCUT2D eigenvalue weighted by atomic mass is 9.86. The van der Waals surface area contributed by atoms with Crippen LogP contribution in [-0.2, 0) is 0 Å². The van der Waals surface area contributed by atoms with Crippen molar-refractivity contribution in [1.29, 1.82) is 0 Å². The van der Waals surface area contributed by atoms with Crippen LogP contribution in [-0.4, -0.2) is 11.0 Å². The number of aromatic nitrogens is 1. The van der Waals surface area contributed by atoms with Crippen LogP contribution in [0, 0.1) is 12.8 Å². The first-order chi connectivity index (χ1) is 6.65. The number of nitrogens with two attached hydrogens (primary N) is 1. The van der Waals surface area contributed by atoms with Gasteiger partial charge < -0.3 is 5.73 Å². The van der Waals surface area contributed by atoms with E-state index >= 15 is 0 Å². The standard InChI is InChI=1S/C11H16N2S/c1-7-3-9(5-10(12)4-7)11-6-14-8(2)13-11/h5-7,10H,3-4,12H2,1-2H3. The Hall–Kier alpha value is -0.670. The molecule has 1 aromatic rings.